The third kappa shape index (κ3) is 4.11. The van der Waals surface area contributed by atoms with E-state index in [-0.39, 0.29) is 5.83 Å². The van der Waals surface area contributed by atoms with E-state index in [4.69, 9.17) is 4.74 Å². The Bertz CT molecular complexity index is 169. The molecule has 0 aromatic rings. The monoisotopic (exact) mass is 173 g/mol. The van der Waals surface area contributed by atoms with Gasteiger partial charge < -0.3 is 4.74 Å². The van der Waals surface area contributed by atoms with E-state index in [9.17, 15) is 4.39 Å². The molecule has 0 heterocycles. The van der Waals surface area contributed by atoms with Crippen molar-refractivity contribution in [3.8, 4) is 0 Å². The standard InChI is InChI=1S/C9H16FNO/c1-4-9(12-3)8(10)6-7-11-5-2/h5H,4,6-7H2,1-3H3/b9-8-,11-5?. The Kier molecular flexibility index (Phi) is 6.34. The van der Waals surface area contributed by atoms with E-state index in [2.05, 4.69) is 4.99 Å². The molecule has 0 aliphatic carbocycles. The summed E-state index contributed by atoms with van der Waals surface area (Å²) in [4.78, 5) is 3.91. The molecule has 0 atom stereocenters. The van der Waals surface area contributed by atoms with Gasteiger partial charge in [0.2, 0.25) is 0 Å². The summed E-state index contributed by atoms with van der Waals surface area (Å²) >= 11 is 0. The van der Waals surface area contributed by atoms with Crippen molar-refractivity contribution in [3.05, 3.63) is 11.6 Å². The fraction of sp³-hybridized carbons (Fsp3) is 0.667. The van der Waals surface area contributed by atoms with E-state index in [0.717, 1.165) is 0 Å². The summed E-state index contributed by atoms with van der Waals surface area (Å²) in [5.41, 5.74) is 0. The van der Waals surface area contributed by atoms with Crippen LogP contribution in [0.2, 0.25) is 0 Å². The maximum absolute atomic E-state index is 13.1. The zero-order valence-electron chi connectivity index (χ0n) is 7.93. The highest BCUT2D eigenvalue weighted by atomic mass is 19.1. The topological polar surface area (TPSA) is 21.6 Å². The van der Waals surface area contributed by atoms with Crippen LogP contribution < -0.4 is 0 Å². The summed E-state index contributed by atoms with van der Waals surface area (Å²) < 4.78 is 17.9. The Hall–Kier alpha value is -0.860. The summed E-state index contributed by atoms with van der Waals surface area (Å²) in [7, 11) is 1.49. The zero-order valence-corrected chi connectivity index (χ0v) is 7.93. The third-order valence-corrected chi connectivity index (χ3v) is 1.51. The summed E-state index contributed by atoms with van der Waals surface area (Å²) in [6.45, 7) is 4.18. The first-order valence-corrected chi connectivity index (χ1v) is 4.12. The van der Waals surface area contributed by atoms with Gasteiger partial charge in [-0.05, 0) is 13.1 Å². The van der Waals surface area contributed by atoms with Gasteiger partial charge in [-0.2, -0.15) is 0 Å². The molecule has 0 fully saturated rings. The minimum Gasteiger partial charge on any atom is -0.498 e. The maximum Gasteiger partial charge on any atom is 0.139 e. The number of halogens is 1. The molecular weight excluding hydrogens is 157 g/mol. The number of nitrogens with zero attached hydrogens (tertiary/aromatic N) is 1. The van der Waals surface area contributed by atoms with E-state index in [0.29, 0.717) is 25.1 Å². The molecule has 2 nitrogen and oxygen atoms in total. The smallest absolute Gasteiger partial charge is 0.139 e. The van der Waals surface area contributed by atoms with E-state index < -0.39 is 0 Å². The first-order chi connectivity index (χ1) is 5.76. The lowest BCUT2D eigenvalue weighted by atomic mass is 10.3. The highest BCUT2D eigenvalue weighted by Gasteiger charge is 2.03. The quantitative estimate of drug-likeness (QED) is 0.462. The van der Waals surface area contributed by atoms with Gasteiger partial charge in [0.15, 0.2) is 0 Å². The Morgan fingerprint density at radius 2 is 2.25 bits per heavy atom. The number of rotatable bonds is 5. The maximum atomic E-state index is 13.1. The van der Waals surface area contributed by atoms with Crippen LogP contribution in [0.5, 0.6) is 0 Å². The third-order valence-electron chi connectivity index (χ3n) is 1.51. The average Bonchev–Trinajstić information content (AvgIpc) is 2.07. The van der Waals surface area contributed by atoms with Crippen molar-refractivity contribution < 1.29 is 9.13 Å². The second kappa shape index (κ2) is 6.83. The van der Waals surface area contributed by atoms with E-state index in [1.165, 1.54) is 7.11 Å². The van der Waals surface area contributed by atoms with Crippen LogP contribution in [-0.4, -0.2) is 19.9 Å². The first kappa shape index (κ1) is 11.1. The molecule has 0 unspecified atom stereocenters. The van der Waals surface area contributed by atoms with Crippen LogP contribution in [0, 0.1) is 0 Å². The van der Waals surface area contributed by atoms with Crippen molar-refractivity contribution in [2.45, 2.75) is 26.7 Å². The second-order valence-electron chi connectivity index (χ2n) is 2.30. The van der Waals surface area contributed by atoms with Gasteiger partial charge in [0, 0.05) is 19.4 Å². The van der Waals surface area contributed by atoms with Crippen molar-refractivity contribution in [3.63, 3.8) is 0 Å². The van der Waals surface area contributed by atoms with Crippen LogP contribution in [0.15, 0.2) is 16.6 Å². The van der Waals surface area contributed by atoms with Crippen molar-refractivity contribution in [1.29, 1.82) is 0 Å². The molecule has 70 valence electrons. The average molecular weight is 173 g/mol. The molecule has 12 heavy (non-hydrogen) atoms. The van der Waals surface area contributed by atoms with Crippen molar-refractivity contribution in [1.82, 2.24) is 0 Å². The van der Waals surface area contributed by atoms with E-state index >= 15 is 0 Å². The van der Waals surface area contributed by atoms with Gasteiger partial charge in [-0.15, -0.1) is 0 Å². The van der Waals surface area contributed by atoms with E-state index in [1.54, 1.807) is 6.21 Å². The summed E-state index contributed by atoms with van der Waals surface area (Å²) in [6, 6.07) is 0. The van der Waals surface area contributed by atoms with Crippen LogP contribution in [0.1, 0.15) is 26.7 Å². The first-order valence-electron chi connectivity index (χ1n) is 4.12. The van der Waals surface area contributed by atoms with Crippen molar-refractivity contribution >= 4 is 6.21 Å². The van der Waals surface area contributed by atoms with Crippen LogP contribution in [0.4, 0.5) is 4.39 Å². The number of aliphatic imine (C=N–C) groups is 1. The van der Waals surface area contributed by atoms with E-state index in [1.807, 2.05) is 13.8 Å². The number of ether oxygens (including phenoxy) is 1. The van der Waals surface area contributed by atoms with Gasteiger partial charge in [0.05, 0.1) is 7.11 Å². The Morgan fingerprint density at radius 3 is 2.67 bits per heavy atom. The highest BCUT2D eigenvalue weighted by molar-refractivity contribution is 5.53. The predicted molar refractivity (Wildman–Crippen MR) is 49.1 cm³/mol. The van der Waals surface area contributed by atoms with Crippen LogP contribution in [0.3, 0.4) is 0 Å². The molecule has 0 rings (SSSR count). The van der Waals surface area contributed by atoms with Gasteiger partial charge >= 0.3 is 0 Å². The van der Waals surface area contributed by atoms with Crippen LogP contribution >= 0.6 is 0 Å². The van der Waals surface area contributed by atoms with Gasteiger partial charge in [-0.1, -0.05) is 6.92 Å². The lowest BCUT2D eigenvalue weighted by molar-refractivity contribution is 0.261. The summed E-state index contributed by atoms with van der Waals surface area (Å²) in [5.74, 6) is 0.243. The fourth-order valence-corrected chi connectivity index (χ4v) is 0.878. The molecule has 0 saturated heterocycles. The number of allylic oxidation sites excluding steroid dienone is 1. The van der Waals surface area contributed by atoms with Gasteiger partial charge in [0.25, 0.3) is 0 Å². The second-order valence-corrected chi connectivity index (χ2v) is 2.30. The molecule has 0 aromatic carbocycles. The number of hydrogen-bond acceptors (Lipinski definition) is 2. The summed E-state index contributed by atoms with van der Waals surface area (Å²) in [6.07, 6.45) is 2.60. The number of hydrogen-bond donors (Lipinski definition) is 0. The van der Waals surface area contributed by atoms with Gasteiger partial charge in [-0.3, -0.25) is 4.99 Å². The molecule has 3 heteroatoms. The SMILES string of the molecule is CC=NCC/C(F)=C(\CC)OC. The van der Waals surface area contributed by atoms with Gasteiger partial charge in [-0.25, -0.2) is 4.39 Å². The molecule has 0 N–H and O–H groups in total. The van der Waals surface area contributed by atoms with Crippen molar-refractivity contribution in [2.75, 3.05) is 13.7 Å². The molecule has 0 aliphatic rings. The highest BCUT2D eigenvalue weighted by Crippen LogP contribution is 2.14. The molecule has 0 amide bonds. The minimum atomic E-state index is -0.189. The fourth-order valence-electron chi connectivity index (χ4n) is 0.878. The zero-order chi connectivity index (χ0) is 9.40. The molecule has 0 saturated carbocycles. The molecule has 0 spiro atoms. The minimum absolute atomic E-state index is 0.189. The molecule has 0 aromatic heterocycles. The molecule has 0 radical (unpaired) electrons. The molecule has 0 bridgehead atoms. The van der Waals surface area contributed by atoms with Gasteiger partial charge in [0.1, 0.15) is 11.6 Å². The van der Waals surface area contributed by atoms with Crippen molar-refractivity contribution in [2.24, 2.45) is 4.99 Å². The van der Waals surface area contributed by atoms with Crippen LogP contribution in [0.25, 0.3) is 0 Å². The van der Waals surface area contributed by atoms with Crippen LogP contribution in [-0.2, 0) is 4.74 Å². The Labute approximate surface area is 73.1 Å². The lowest BCUT2D eigenvalue weighted by Crippen LogP contribution is -1.91. The summed E-state index contributed by atoms with van der Waals surface area (Å²) in [5, 5.41) is 0. The lowest BCUT2D eigenvalue weighted by Gasteiger charge is -2.03. The molecular formula is C9H16FNO. The normalized spacial score (nSPS) is 13.3. The predicted octanol–water partition coefficient (Wildman–Crippen LogP) is 2.70. The Morgan fingerprint density at radius 1 is 1.58 bits per heavy atom. The number of methoxy groups -OCH3 is 1. The largest absolute Gasteiger partial charge is 0.498 e. The molecule has 0 aliphatic heterocycles. The Balaban J connectivity index is 3.95.